The summed E-state index contributed by atoms with van der Waals surface area (Å²) in [6.45, 7) is 0.376. The van der Waals surface area contributed by atoms with Crippen molar-refractivity contribution in [2.45, 2.75) is 13.0 Å². The Bertz CT molecular complexity index is 850. The molecule has 1 heterocycles. The molecule has 0 saturated heterocycles. The SMILES string of the molecule is COc1cc2c[n+](CCc3ccc(Cl)cc3)ccc2cc1O.O=C[O-]. The fourth-order valence-corrected chi connectivity index (χ4v) is 2.59. The van der Waals surface area contributed by atoms with E-state index in [0.29, 0.717) is 5.75 Å². The lowest BCUT2D eigenvalue weighted by molar-refractivity contribution is -0.695. The molecule has 0 spiro atoms. The molecule has 2 aromatic carbocycles. The van der Waals surface area contributed by atoms with Gasteiger partial charge in [-0.3, -0.25) is 0 Å². The topological polar surface area (TPSA) is 73.5 Å². The maximum Gasteiger partial charge on any atom is 0.176 e. The van der Waals surface area contributed by atoms with E-state index in [1.54, 1.807) is 13.2 Å². The zero-order valence-electron chi connectivity index (χ0n) is 13.7. The van der Waals surface area contributed by atoms with Gasteiger partial charge >= 0.3 is 0 Å². The third-order valence-electron chi connectivity index (χ3n) is 3.71. The van der Waals surface area contributed by atoms with E-state index in [4.69, 9.17) is 26.2 Å². The summed E-state index contributed by atoms with van der Waals surface area (Å²) in [6.07, 6.45) is 5.01. The third kappa shape index (κ3) is 5.09. The molecule has 0 radical (unpaired) electrons. The van der Waals surface area contributed by atoms with Crippen LogP contribution in [0.1, 0.15) is 5.56 Å². The number of hydrogen-bond donors (Lipinski definition) is 1. The van der Waals surface area contributed by atoms with Crippen molar-refractivity contribution in [3.63, 3.8) is 0 Å². The molecular weight excluding hydrogens is 342 g/mol. The van der Waals surface area contributed by atoms with Gasteiger partial charge in [0.15, 0.2) is 30.4 Å². The second kappa shape index (κ2) is 8.89. The van der Waals surface area contributed by atoms with Crippen molar-refractivity contribution in [3.05, 3.63) is 65.4 Å². The zero-order chi connectivity index (χ0) is 18.2. The molecule has 1 aromatic heterocycles. The van der Waals surface area contributed by atoms with Gasteiger partial charge in [0.25, 0.3) is 0 Å². The molecule has 0 amide bonds. The van der Waals surface area contributed by atoms with Gasteiger partial charge in [0.2, 0.25) is 0 Å². The number of hydrogen-bond acceptors (Lipinski definition) is 4. The smallest absolute Gasteiger partial charge is 0.176 e. The number of aryl methyl sites for hydroxylation is 2. The number of rotatable bonds is 4. The largest absolute Gasteiger partial charge is 0.554 e. The van der Waals surface area contributed by atoms with Crippen molar-refractivity contribution < 1.29 is 24.3 Å². The molecule has 25 heavy (non-hydrogen) atoms. The van der Waals surface area contributed by atoms with Crippen molar-refractivity contribution in [2.75, 3.05) is 7.11 Å². The zero-order valence-corrected chi connectivity index (χ0v) is 14.4. The maximum absolute atomic E-state index is 9.81. The predicted octanol–water partition coefficient (Wildman–Crippen LogP) is 2.10. The predicted molar refractivity (Wildman–Crippen MR) is 93.6 cm³/mol. The number of carboxylic acid groups (broad SMARTS) is 1. The highest BCUT2D eigenvalue weighted by Gasteiger charge is 2.08. The van der Waals surface area contributed by atoms with Gasteiger partial charge in [0.05, 0.1) is 7.11 Å². The molecule has 5 nitrogen and oxygen atoms in total. The third-order valence-corrected chi connectivity index (χ3v) is 3.96. The van der Waals surface area contributed by atoms with Crippen molar-refractivity contribution in [1.82, 2.24) is 0 Å². The van der Waals surface area contributed by atoms with Crippen LogP contribution in [-0.4, -0.2) is 18.7 Å². The van der Waals surface area contributed by atoms with Gasteiger partial charge < -0.3 is 19.7 Å². The Kier molecular flexibility index (Phi) is 6.60. The quantitative estimate of drug-likeness (QED) is 0.572. The number of phenolic OH excluding ortho intramolecular Hbond substituents is 1. The number of carbonyl (C=O) groups excluding carboxylic acids is 1. The standard InChI is InChI=1S/C18H16ClNO2.CH2O2/c1-22-18-11-15-12-20(9-7-14(15)10-17(18)21)8-6-13-2-4-16(19)5-3-13;2-1-3/h2-5,7,9-12H,6,8H2,1H3;1H,(H,2,3). The molecule has 0 bridgehead atoms. The number of ether oxygens (including phenoxy) is 1. The van der Waals surface area contributed by atoms with Gasteiger partial charge in [0, 0.05) is 29.4 Å². The van der Waals surface area contributed by atoms with E-state index in [2.05, 4.69) is 10.8 Å². The minimum atomic E-state index is -0.500. The highest BCUT2D eigenvalue weighted by Crippen LogP contribution is 2.30. The first-order chi connectivity index (χ1) is 12.1. The van der Waals surface area contributed by atoms with Gasteiger partial charge in [-0.1, -0.05) is 23.7 Å². The average Bonchev–Trinajstić information content (AvgIpc) is 2.61. The molecule has 0 aliphatic carbocycles. The number of halogens is 1. The summed E-state index contributed by atoms with van der Waals surface area (Å²) in [6, 6.07) is 13.5. The Hall–Kier alpha value is -2.79. The normalized spacial score (nSPS) is 10.0. The molecule has 0 atom stereocenters. The average molecular weight is 360 g/mol. The van der Waals surface area contributed by atoms with Crippen LogP contribution in [0.3, 0.4) is 0 Å². The van der Waals surface area contributed by atoms with Crippen LogP contribution < -0.4 is 14.4 Å². The summed E-state index contributed by atoms with van der Waals surface area (Å²) in [5.41, 5.74) is 1.25. The Morgan fingerprint density at radius 1 is 1.20 bits per heavy atom. The van der Waals surface area contributed by atoms with E-state index in [9.17, 15) is 5.11 Å². The molecule has 130 valence electrons. The minimum Gasteiger partial charge on any atom is -0.554 e. The summed E-state index contributed by atoms with van der Waals surface area (Å²) in [4.78, 5) is 8.25. The summed E-state index contributed by atoms with van der Waals surface area (Å²) < 4.78 is 7.29. The van der Waals surface area contributed by atoms with Crippen molar-refractivity contribution >= 4 is 28.8 Å². The Morgan fingerprint density at radius 3 is 2.52 bits per heavy atom. The first-order valence-electron chi connectivity index (χ1n) is 7.57. The number of pyridine rings is 1. The number of aromatic hydroxyl groups is 1. The number of carbonyl (C=O) groups is 1. The van der Waals surface area contributed by atoms with E-state index in [1.165, 1.54) is 5.56 Å². The van der Waals surface area contributed by atoms with Crippen LogP contribution in [0.5, 0.6) is 11.5 Å². The number of aromatic nitrogens is 1. The van der Waals surface area contributed by atoms with Crippen molar-refractivity contribution in [3.8, 4) is 11.5 Å². The van der Waals surface area contributed by atoms with Gasteiger partial charge in [-0.2, -0.15) is 0 Å². The number of fused-ring (bicyclic) bond motifs is 1. The van der Waals surface area contributed by atoms with Gasteiger partial charge in [0.1, 0.15) is 0 Å². The van der Waals surface area contributed by atoms with Crippen LogP contribution in [0.4, 0.5) is 0 Å². The van der Waals surface area contributed by atoms with Crippen LogP contribution in [0.25, 0.3) is 10.8 Å². The molecule has 3 aromatic rings. The maximum atomic E-state index is 9.81. The van der Waals surface area contributed by atoms with E-state index < -0.39 is 6.47 Å². The number of phenols is 1. The Balaban J connectivity index is 0.000000701. The second-order valence-corrected chi connectivity index (χ2v) is 5.74. The molecule has 6 heteroatoms. The lowest BCUT2D eigenvalue weighted by Gasteiger charge is -2.05. The van der Waals surface area contributed by atoms with Gasteiger partial charge in [-0.05, 0) is 35.2 Å². The number of nitrogens with zero attached hydrogens (tertiary/aromatic N) is 1. The Labute approximate surface area is 150 Å². The van der Waals surface area contributed by atoms with E-state index in [1.807, 2.05) is 42.6 Å². The minimum absolute atomic E-state index is 0.161. The fourth-order valence-electron chi connectivity index (χ4n) is 2.47. The molecule has 1 N–H and O–H groups in total. The fraction of sp³-hybridized carbons (Fsp3) is 0.158. The molecule has 0 saturated carbocycles. The number of benzene rings is 2. The lowest BCUT2D eigenvalue weighted by Crippen LogP contribution is -2.33. The highest BCUT2D eigenvalue weighted by atomic mass is 35.5. The van der Waals surface area contributed by atoms with Crippen LogP contribution in [0.2, 0.25) is 5.02 Å². The van der Waals surface area contributed by atoms with Gasteiger partial charge in [-0.25, -0.2) is 4.57 Å². The number of methoxy groups -OCH3 is 1. The molecular formula is C19H18ClNO4. The van der Waals surface area contributed by atoms with Crippen LogP contribution in [-0.2, 0) is 17.8 Å². The van der Waals surface area contributed by atoms with Crippen molar-refractivity contribution in [1.29, 1.82) is 0 Å². The first kappa shape index (κ1) is 18.5. The van der Waals surface area contributed by atoms with E-state index >= 15 is 0 Å². The van der Waals surface area contributed by atoms with Crippen LogP contribution in [0, 0.1) is 0 Å². The summed E-state index contributed by atoms with van der Waals surface area (Å²) >= 11 is 5.90. The van der Waals surface area contributed by atoms with E-state index in [0.717, 1.165) is 28.8 Å². The van der Waals surface area contributed by atoms with Crippen molar-refractivity contribution in [2.24, 2.45) is 0 Å². The monoisotopic (exact) mass is 359 g/mol. The van der Waals surface area contributed by atoms with E-state index in [-0.39, 0.29) is 5.75 Å². The van der Waals surface area contributed by atoms with Crippen LogP contribution >= 0.6 is 11.6 Å². The molecule has 0 aliphatic rings. The first-order valence-corrected chi connectivity index (χ1v) is 7.95. The lowest BCUT2D eigenvalue weighted by atomic mass is 10.1. The highest BCUT2D eigenvalue weighted by molar-refractivity contribution is 6.30. The molecule has 0 unspecified atom stereocenters. The van der Waals surface area contributed by atoms with Gasteiger partial charge in [-0.15, -0.1) is 0 Å². The molecule has 3 rings (SSSR count). The summed E-state index contributed by atoms with van der Waals surface area (Å²) in [5, 5.41) is 20.8. The summed E-state index contributed by atoms with van der Waals surface area (Å²) in [5.74, 6) is 0.650. The molecule has 0 fully saturated rings. The molecule has 0 aliphatic heterocycles. The second-order valence-electron chi connectivity index (χ2n) is 5.31. The summed E-state index contributed by atoms with van der Waals surface area (Å²) in [7, 11) is 1.55. The Morgan fingerprint density at radius 2 is 1.88 bits per heavy atom. The van der Waals surface area contributed by atoms with Crippen LogP contribution in [0.15, 0.2) is 54.9 Å².